The van der Waals surface area contributed by atoms with E-state index < -0.39 is 6.09 Å². The number of hydrogen-bond donors (Lipinski definition) is 2. The van der Waals surface area contributed by atoms with Gasteiger partial charge in [-0.2, -0.15) is 5.10 Å². The van der Waals surface area contributed by atoms with E-state index in [1.807, 2.05) is 25.1 Å². The van der Waals surface area contributed by atoms with Gasteiger partial charge in [-0.3, -0.25) is 15.4 Å². The van der Waals surface area contributed by atoms with Crippen molar-refractivity contribution in [3.63, 3.8) is 0 Å². The van der Waals surface area contributed by atoms with Crippen LogP contribution in [0, 0.1) is 0 Å². The summed E-state index contributed by atoms with van der Waals surface area (Å²) in [5.41, 5.74) is 4.57. The summed E-state index contributed by atoms with van der Waals surface area (Å²) in [5.74, 6) is 0. The van der Waals surface area contributed by atoms with Crippen molar-refractivity contribution < 1.29 is 9.53 Å². The maximum atomic E-state index is 11.7. The van der Waals surface area contributed by atoms with Crippen LogP contribution in [0.15, 0.2) is 36.7 Å². The highest BCUT2D eigenvalue weighted by Gasteiger charge is 2.21. The summed E-state index contributed by atoms with van der Waals surface area (Å²) in [7, 11) is 0. The number of pyridine rings is 1. The monoisotopic (exact) mass is 294 g/mol. The summed E-state index contributed by atoms with van der Waals surface area (Å²) < 4.78 is 5.23. The second-order valence-electron chi connectivity index (χ2n) is 5.41. The fraction of sp³-hybridized carbons (Fsp3) is 0.188. The lowest BCUT2D eigenvalue weighted by Crippen LogP contribution is -2.17. The number of ether oxygens (including phenoxy) is 1. The van der Waals surface area contributed by atoms with Gasteiger partial charge in [0, 0.05) is 35.5 Å². The van der Waals surface area contributed by atoms with E-state index in [0.717, 1.165) is 33.4 Å². The van der Waals surface area contributed by atoms with Crippen molar-refractivity contribution in [2.75, 3.05) is 5.32 Å². The zero-order valence-corrected chi connectivity index (χ0v) is 12.0. The number of aromatic amines is 1. The van der Waals surface area contributed by atoms with E-state index in [2.05, 4.69) is 26.6 Å². The summed E-state index contributed by atoms with van der Waals surface area (Å²) in [5, 5.41) is 11.2. The summed E-state index contributed by atoms with van der Waals surface area (Å²) in [4.78, 5) is 15.7. The Bertz CT molecular complexity index is 857. The van der Waals surface area contributed by atoms with Crippen molar-refractivity contribution in [2.45, 2.75) is 19.4 Å². The highest BCUT2D eigenvalue weighted by Crippen LogP contribution is 2.32. The molecule has 1 aromatic carbocycles. The summed E-state index contributed by atoms with van der Waals surface area (Å²) in [6, 6.07) is 7.82. The quantitative estimate of drug-likeness (QED) is 0.722. The molecule has 6 heteroatoms. The van der Waals surface area contributed by atoms with E-state index >= 15 is 0 Å². The molecule has 1 atom stereocenters. The predicted octanol–water partition coefficient (Wildman–Crippen LogP) is 3.12. The van der Waals surface area contributed by atoms with Gasteiger partial charge >= 0.3 is 6.09 Å². The number of H-pyrrole nitrogens is 1. The molecule has 0 radical (unpaired) electrons. The Hall–Kier alpha value is -2.89. The average molecular weight is 294 g/mol. The number of aromatic nitrogens is 3. The van der Waals surface area contributed by atoms with Crippen LogP contribution in [0.2, 0.25) is 0 Å². The fourth-order valence-corrected chi connectivity index (χ4v) is 2.80. The lowest BCUT2D eigenvalue weighted by molar-refractivity contribution is 0.123. The average Bonchev–Trinajstić information content (AvgIpc) is 2.84. The van der Waals surface area contributed by atoms with E-state index in [-0.39, 0.29) is 6.10 Å². The normalized spacial score (nSPS) is 17.5. The van der Waals surface area contributed by atoms with Crippen LogP contribution in [0.5, 0.6) is 0 Å². The minimum absolute atomic E-state index is 0.157. The highest BCUT2D eigenvalue weighted by atomic mass is 16.6. The van der Waals surface area contributed by atoms with Gasteiger partial charge in [-0.1, -0.05) is 0 Å². The number of carbonyl (C=O) groups excluding carboxylic acids is 1. The molecule has 0 aliphatic carbocycles. The maximum absolute atomic E-state index is 11.7. The fourth-order valence-electron chi connectivity index (χ4n) is 2.80. The lowest BCUT2D eigenvalue weighted by atomic mass is 10.0. The first kappa shape index (κ1) is 12.8. The topological polar surface area (TPSA) is 79.9 Å². The standard InChI is InChI=1S/C16H14N4O2/c1-9-6-11-7-12-14(8-13(11)18-16(21)22-9)19-20-15(12)10-2-4-17-5-3-10/h2-5,7-9H,6H2,1H3,(H,18,21)(H,19,20). The van der Waals surface area contributed by atoms with Gasteiger partial charge in [-0.15, -0.1) is 0 Å². The molecule has 0 saturated heterocycles. The zero-order valence-electron chi connectivity index (χ0n) is 12.0. The van der Waals surface area contributed by atoms with Gasteiger partial charge in [0.15, 0.2) is 0 Å². The van der Waals surface area contributed by atoms with E-state index in [4.69, 9.17) is 4.74 Å². The molecule has 2 N–H and O–H groups in total. The van der Waals surface area contributed by atoms with Crippen molar-refractivity contribution in [3.05, 3.63) is 42.2 Å². The van der Waals surface area contributed by atoms with E-state index in [1.165, 1.54) is 0 Å². The van der Waals surface area contributed by atoms with Crippen LogP contribution in [0.1, 0.15) is 12.5 Å². The molecule has 4 rings (SSSR count). The third-order valence-corrected chi connectivity index (χ3v) is 3.79. The zero-order chi connectivity index (χ0) is 15.1. The van der Waals surface area contributed by atoms with Crippen molar-refractivity contribution >= 4 is 22.7 Å². The molecule has 22 heavy (non-hydrogen) atoms. The van der Waals surface area contributed by atoms with E-state index in [0.29, 0.717) is 6.42 Å². The number of fused-ring (bicyclic) bond motifs is 2. The van der Waals surface area contributed by atoms with Crippen LogP contribution in [0.4, 0.5) is 10.5 Å². The van der Waals surface area contributed by atoms with Crippen molar-refractivity contribution in [2.24, 2.45) is 0 Å². The molecule has 3 aromatic rings. The number of amides is 1. The molecule has 0 bridgehead atoms. The summed E-state index contributed by atoms with van der Waals surface area (Å²) >= 11 is 0. The highest BCUT2D eigenvalue weighted by molar-refractivity contribution is 5.98. The molecular weight excluding hydrogens is 280 g/mol. The number of cyclic esters (lactones) is 1. The van der Waals surface area contributed by atoms with Crippen LogP contribution in [-0.2, 0) is 11.2 Å². The number of anilines is 1. The molecule has 110 valence electrons. The Morgan fingerprint density at radius 2 is 2.09 bits per heavy atom. The molecule has 1 aliphatic heterocycles. The Morgan fingerprint density at radius 1 is 1.27 bits per heavy atom. The minimum atomic E-state index is -0.417. The number of carbonyl (C=O) groups is 1. The second kappa shape index (κ2) is 4.84. The van der Waals surface area contributed by atoms with Gasteiger partial charge in [0.2, 0.25) is 0 Å². The van der Waals surface area contributed by atoms with Gasteiger partial charge in [-0.25, -0.2) is 4.79 Å². The van der Waals surface area contributed by atoms with Gasteiger partial charge in [0.25, 0.3) is 0 Å². The van der Waals surface area contributed by atoms with Gasteiger partial charge in [0.05, 0.1) is 5.52 Å². The molecule has 1 unspecified atom stereocenters. The van der Waals surface area contributed by atoms with Crippen LogP contribution in [0.3, 0.4) is 0 Å². The predicted molar refractivity (Wildman–Crippen MR) is 82.6 cm³/mol. The van der Waals surface area contributed by atoms with Crippen LogP contribution < -0.4 is 5.32 Å². The molecule has 1 amide bonds. The Morgan fingerprint density at radius 3 is 2.91 bits per heavy atom. The third kappa shape index (κ3) is 2.09. The molecule has 1 aliphatic rings. The third-order valence-electron chi connectivity index (χ3n) is 3.79. The maximum Gasteiger partial charge on any atom is 0.411 e. The van der Waals surface area contributed by atoms with Crippen LogP contribution >= 0.6 is 0 Å². The number of nitrogens with one attached hydrogen (secondary N) is 2. The molecule has 3 heterocycles. The van der Waals surface area contributed by atoms with E-state index in [9.17, 15) is 4.79 Å². The number of hydrogen-bond acceptors (Lipinski definition) is 4. The van der Waals surface area contributed by atoms with Crippen molar-refractivity contribution in [3.8, 4) is 11.3 Å². The number of nitrogens with zero attached hydrogens (tertiary/aromatic N) is 2. The molecule has 6 nitrogen and oxygen atoms in total. The van der Waals surface area contributed by atoms with Crippen LogP contribution in [0.25, 0.3) is 22.2 Å². The van der Waals surface area contributed by atoms with E-state index in [1.54, 1.807) is 12.4 Å². The Kier molecular flexibility index (Phi) is 2.82. The Balaban J connectivity index is 1.89. The number of benzene rings is 1. The molecular formula is C16H14N4O2. The molecule has 0 saturated carbocycles. The molecule has 2 aromatic heterocycles. The minimum Gasteiger partial charge on any atom is -0.446 e. The first-order chi connectivity index (χ1) is 10.7. The van der Waals surface area contributed by atoms with Crippen molar-refractivity contribution in [1.82, 2.24) is 15.2 Å². The van der Waals surface area contributed by atoms with Crippen molar-refractivity contribution in [1.29, 1.82) is 0 Å². The van der Waals surface area contributed by atoms with Gasteiger partial charge in [0.1, 0.15) is 11.8 Å². The smallest absolute Gasteiger partial charge is 0.411 e. The number of rotatable bonds is 1. The van der Waals surface area contributed by atoms with Gasteiger partial charge < -0.3 is 4.74 Å². The lowest BCUT2D eigenvalue weighted by Gasteiger charge is -2.07. The first-order valence-electron chi connectivity index (χ1n) is 7.10. The summed E-state index contributed by atoms with van der Waals surface area (Å²) in [6.07, 6.45) is 3.59. The Labute approximate surface area is 126 Å². The van der Waals surface area contributed by atoms with Crippen LogP contribution in [-0.4, -0.2) is 27.4 Å². The molecule has 0 spiro atoms. The molecule has 0 fully saturated rings. The summed E-state index contributed by atoms with van der Waals surface area (Å²) in [6.45, 7) is 1.89. The SMILES string of the molecule is CC1Cc2cc3c(-c4ccncc4)n[nH]c3cc2NC(=O)O1. The van der Waals surface area contributed by atoms with Gasteiger partial charge in [-0.05, 0) is 36.8 Å². The second-order valence-corrected chi connectivity index (χ2v) is 5.41. The largest absolute Gasteiger partial charge is 0.446 e. The first-order valence-corrected chi connectivity index (χ1v) is 7.10.